The van der Waals surface area contributed by atoms with E-state index in [1.165, 1.54) is 0 Å². The van der Waals surface area contributed by atoms with Crippen molar-refractivity contribution < 1.29 is 9.47 Å². The van der Waals surface area contributed by atoms with E-state index in [-0.39, 0.29) is 0 Å². The fourth-order valence-corrected chi connectivity index (χ4v) is 0.607. The van der Waals surface area contributed by atoms with Crippen molar-refractivity contribution in [2.24, 2.45) is 0 Å². The van der Waals surface area contributed by atoms with Gasteiger partial charge in [-0.3, -0.25) is 4.90 Å². The lowest BCUT2D eigenvalue weighted by atomic mass is 10.6. The Kier molecular flexibility index (Phi) is 7.89. The molecule has 0 fully saturated rings. The molecule has 0 aliphatic heterocycles. The summed E-state index contributed by atoms with van der Waals surface area (Å²) in [6.07, 6.45) is 0. The van der Waals surface area contributed by atoms with E-state index in [2.05, 4.69) is 6.92 Å². The summed E-state index contributed by atoms with van der Waals surface area (Å²) in [7, 11) is 0. The van der Waals surface area contributed by atoms with Crippen LogP contribution in [0.25, 0.3) is 0 Å². The first kappa shape index (κ1) is 10.9. The maximum Gasteiger partial charge on any atom is 0.101 e. The summed E-state index contributed by atoms with van der Waals surface area (Å²) < 4.78 is 10.4. The molecule has 0 rings (SSSR count). The molecule has 0 aromatic rings. The van der Waals surface area contributed by atoms with Crippen molar-refractivity contribution in [2.75, 3.05) is 33.2 Å². The monoisotopic (exact) mass is 160 g/mol. The Bertz CT molecular complexity index is 70.5. The third-order valence-electron chi connectivity index (χ3n) is 1.27. The largest absolute Gasteiger partial charge is 0.366 e. The lowest BCUT2D eigenvalue weighted by molar-refractivity contribution is -0.0330. The van der Waals surface area contributed by atoms with Gasteiger partial charge >= 0.3 is 0 Å². The molecule has 0 bridgehead atoms. The minimum Gasteiger partial charge on any atom is -0.366 e. The van der Waals surface area contributed by atoms with Crippen LogP contribution >= 0.6 is 0 Å². The molecule has 0 aliphatic rings. The van der Waals surface area contributed by atoms with Gasteiger partial charge in [-0.2, -0.15) is 0 Å². The van der Waals surface area contributed by atoms with Gasteiger partial charge in [-0.05, 0) is 20.8 Å². The van der Waals surface area contributed by atoms with Gasteiger partial charge in [0.05, 0.1) is 0 Å². The van der Waals surface area contributed by atoms with Gasteiger partial charge in [0.1, 0.15) is 13.5 Å². The van der Waals surface area contributed by atoms with E-state index in [0.29, 0.717) is 13.5 Å². The second kappa shape index (κ2) is 7.98. The number of hydrogen-bond donors (Lipinski definition) is 0. The third-order valence-corrected chi connectivity index (χ3v) is 1.27. The van der Waals surface area contributed by atoms with Crippen LogP contribution in [-0.4, -0.2) is 38.1 Å². The zero-order valence-electron chi connectivity index (χ0n) is 7.51. The molecule has 0 aromatic carbocycles. The summed E-state index contributed by atoms with van der Waals surface area (Å²) in [4.78, 5) is 1.99. The highest BCUT2D eigenvalue weighted by Gasteiger charge is 1.99. The summed E-state index contributed by atoms with van der Waals surface area (Å²) in [6, 6.07) is 0. The molecule has 11 heavy (non-hydrogen) atoms. The summed E-state index contributed by atoms with van der Waals surface area (Å²) in [5.74, 6) is 0. The average Bonchev–Trinajstić information content (AvgIpc) is 2.05. The quantitative estimate of drug-likeness (QED) is 0.521. The second-order valence-electron chi connectivity index (χ2n) is 2.14. The van der Waals surface area contributed by atoms with E-state index in [0.717, 1.165) is 19.8 Å². The predicted molar refractivity (Wildman–Crippen MR) is 45.0 cm³/mol. The maximum absolute atomic E-state index is 5.19. The number of ether oxygens (including phenoxy) is 2. The topological polar surface area (TPSA) is 21.7 Å². The Hall–Kier alpha value is -0.120. The molecule has 0 N–H and O–H groups in total. The molecule has 0 aliphatic carbocycles. The van der Waals surface area contributed by atoms with Crippen molar-refractivity contribution in [3.05, 3.63) is 6.92 Å². The van der Waals surface area contributed by atoms with Crippen LogP contribution in [0, 0.1) is 6.92 Å². The molecule has 0 atom stereocenters. The lowest BCUT2D eigenvalue weighted by Crippen LogP contribution is -2.29. The van der Waals surface area contributed by atoms with Crippen LogP contribution < -0.4 is 0 Å². The van der Waals surface area contributed by atoms with Gasteiger partial charge in [-0.25, -0.2) is 0 Å². The van der Waals surface area contributed by atoms with Crippen LogP contribution in [0.3, 0.4) is 0 Å². The molecule has 0 aromatic heterocycles. The van der Waals surface area contributed by atoms with Crippen LogP contribution in [0.1, 0.15) is 13.8 Å². The van der Waals surface area contributed by atoms with Crippen molar-refractivity contribution in [2.45, 2.75) is 13.8 Å². The summed E-state index contributed by atoms with van der Waals surface area (Å²) in [5, 5.41) is 0. The van der Waals surface area contributed by atoms with Crippen molar-refractivity contribution >= 4 is 0 Å². The van der Waals surface area contributed by atoms with Crippen molar-refractivity contribution in [1.29, 1.82) is 0 Å². The van der Waals surface area contributed by atoms with Gasteiger partial charge < -0.3 is 9.47 Å². The van der Waals surface area contributed by atoms with Crippen LogP contribution in [0.2, 0.25) is 0 Å². The summed E-state index contributed by atoms with van der Waals surface area (Å²) in [6.45, 7) is 11.1. The normalized spacial score (nSPS) is 10.9. The highest BCUT2D eigenvalue weighted by molar-refractivity contribution is 4.47. The van der Waals surface area contributed by atoms with Crippen LogP contribution in [0.5, 0.6) is 0 Å². The third kappa shape index (κ3) is 6.28. The molecule has 0 heterocycles. The molecule has 0 amide bonds. The Labute approximate surface area is 69.3 Å². The predicted octanol–water partition coefficient (Wildman–Crippen LogP) is 1.11. The Balaban J connectivity index is 3.25. The summed E-state index contributed by atoms with van der Waals surface area (Å²) in [5.41, 5.74) is 0. The Morgan fingerprint density at radius 1 is 1.09 bits per heavy atom. The number of hydrogen-bond acceptors (Lipinski definition) is 3. The highest BCUT2D eigenvalue weighted by Crippen LogP contribution is 1.88. The van der Waals surface area contributed by atoms with E-state index in [1.807, 2.05) is 18.7 Å². The minimum atomic E-state index is 0.611. The molecular weight excluding hydrogens is 142 g/mol. The van der Waals surface area contributed by atoms with E-state index in [9.17, 15) is 0 Å². The van der Waals surface area contributed by atoms with Gasteiger partial charge in [0.25, 0.3) is 0 Å². The Morgan fingerprint density at radius 3 is 1.82 bits per heavy atom. The van der Waals surface area contributed by atoms with E-state index < -0.39 is 0 Å². The van der Waals surface area contributed by atoms with E-state index in [4.69, 9.17) is 9.47 Å². The molecule has 0 spiro atoms. The van der Waals surface area contributed by atoms with Crippen LogP contribution in [-0.2, 0) is 9.47 Å². The van der Waals surface area contributed by atoms with Crippen LogP contribution in [0.15, 0.2) is 0 Å². The van der Waals surface area contributed by atoms with Gasteiger partial charge in [0, 0.05) is 19.8 Å². The summed E-state index contributed by atoms with van der Waals surface area (Å²) >= 11 is 0. The van der Waals surface area contributed by atoms with Gasteiger partial charge in [-0.1, -0.05) is 0 Å². The highest BCUT2D eigenvalue weighted by atomic mass is 16.5. The fourth-order valence-electron chi connectivity index (χ4n) is 0.607. The van der Waals surface area contributed by atoms with Crippen molar-refractivity contribution in [3.8, 4) is 0 Å². The molecule has 0 saturated carbocycles. The van der Waals surface area contributed by atoms with Gasteiger partial charge in [0.2, 0.25) is 0 Å². The van der Waals surface area contributed by atoms with E-state index in [1.54, 1.807) is 0 Å². The first-order chi connectivity index (χ1) is 5.35. The van der Waals surface area contributed by atoms with Gasteiger partial charge in [-0.15, -0.1) is 0 Å². The van der Waals surface area contributed by atoms with Crippen molar-refractivity contribution in [1.82, 2.24) is 4.90 Å². The van der Waals surface area contributed by atoms with Gasteiger partial charge in [0.15, 0.2) is 0 Å². The molecule has 3 nitrogen and oxygen atoms in total. The van der Waals surface area contributed by atoms with Crippen LogP contribution in [0.4, 0.5) is 0 Å². The first-order valence-electron chi connectivity index (χ1n) is 4.02. The zero-order valence-corrected chi connectivity index (χ0v) is 7.51. The Morgan fingerprint density at radius 2 is 1.55 bits per heavy atom. The average molecular weight is 160 g/mol. The maximum atomic E-state index is 5.19. The lowest BCUT2D eigenvalue weighted by Gasteiger charge is -2.18. The standard InChI is InChI=1S/C8H18NO2/c1-4-9(7-10-5-2)8-11-6-3/h1,4-8H2,2-3H3. The number of rotatable bonds is 7. The smallest absolute Gasteiger partial charge is 0.101 e. The van der Waals surface area contributed by atoms with E-state index >= 15 is 0 Å². The molecule has 0 unspecified atom stereocenters. The van der Waals surface area contributed by atoms with Crippen molar-refractivity contribution in [3.63, 3.8) is 0 Å². The first-order valence-corrected chi connectivity index (χ1v) is 4.02. The molecular formula is C8H18NO2. The molecule has 1 radical (unpaired) electrons. The SMILES string of the molecule is [CH2]CN(COCC)COCC. The zero-order chi connectivity index (χ0) is 8.53. The fraction of sp³-hybridized carbons (Fsp3) is 0.875. The molecule has 0 saturated heterocycles. The second-order valence-corrected chi connectivity index (χ2v) is 2.14. The molecule has 3 heteroatoms. The number of nitrogens with zero attached hydrogens (tertiary/aromatic N) is 1. The minimum absolute atomic E-state index is 0.611. The molecule has 67 valence electrons.